The van der Waals surface area contributed by atoms with Gasteiger partial charge in [0.05, 0.1) is 19.5 Å². The number of hydrogen-bond donors (Lipinski definition) is 0. The van der Waals surface area contributed by atoms with Crippen molar-refractivity contribution in [1.82, 2.24) is 14.4 Å². The van der Waals surface area contributed by atoms with Crippen LogP contribution in [0.4, 0.5) is 4.39 Å². The molecule has 0 saturated heterocycles. The van der Waals surface area contributed by atoms with Crippen molar-refractivity contribution in [3.05, 3.63) is 95.6 Å². The minimum atomic E-state index is -0.332. The summed E-state index contributed by atoms with van der Waals surface area (Å²) in [4.78, 5) is 29.9. The van der Waals surface area contributed by atoms with E-state index >= 15 is 0 Å². The molecule has 0 aliphatic heterocycles. The van der Waals surface area contributed by atoms with Crippen LogP contribution in [0.3, 0.4) is 0 Å². The van der Waals surface area contributed by atoms with E-state index in [1.54, 1.807) is 21.9 Å². The molecule has 0 aliphatic rings. The van der Waals surface area contributed by atoms with E-state index in [2.05, 4.69) is 6.92 Å². The van der Waals surface area contributed by atoms with Crippen LogP contribution in [0.15, 0.2) is 72.9 Å². The fourth-order valence-corrected chi connectivity index (χ4v) is 3.69. The average Bonchev–Trinajstić information content (AvgIpc) is 3.22. The van der Waals surface area contributed by atoms with Gasteiger partial charge in [-0.25, -0.2) is 4.39 Å². The fourth-order valence-electron chi connectivity index (χ4n) is 3.69. The monoisotopic (exact) mass is 449 g/mol. The average molecular weight is 450 g/mol. The van der Waals surface area contributed by atoms with Gasteiger partial charge in [-0.2, -0.15) is 0 Å². The standard InChI is InChI=1S/C27H32FN3O2/c1-3-4-17-30(26(32)18-22-12-14-24(28)15-13-22)21-27(33)31(19-23-9-6-5-7-10-23)20-25-11-8-16-29(25)2/h5-16H,3-4,17-21H2,1-2H3. The van der Waals surface area contributed by atoms with Crippen LogP contribution in [0.25, 0.3) is 0 Å². The predicted molar refractivity (Wildman–Crippen MR) is 128 cm³/mol. The van der Waals surface area contributed by atoms with E-state index in [1.807, 2.05) is 60.3 Å². The second kappa shape index (κ2) is 12.0. The smallest absolute Gasteiger partial charge is 0.242 e. The zero-order valence-electron chi connectivity index (χ0n) is 19.4. The molecule has 3 aromatic rings. The lowest BCUT2D eigenvalue weighted by Gasteiger charge is -2.28. The van der Waals surface area contributed by atoms with Gasteiger partial charge in [0.2, 0.25) is 11.8 Å². The molecule has 0 spiro atoms. The molecule has 0 unspecified atom stereocenters. The first-order valence-corrected chi connectivity index (χ1v) is 11.4. The largest absolute Gasteiger partial charge is 0.353 e. The Labute approximate surface area is 195 Å². The Bertz CT molecular complexity index is 1030. The molecule has 1 heterocycles. The number of aromatic nitrogens is 1. The van der Waals surface area contributed by atoms with Gasteiger partial charge in [0.15, 0.2) is 0 Å². The van der Waals surface area contributed by atoms with Gasteiger partial charge in [-0.15, -0.1) is 0 Å². The number of aryl methyl sites for hydroxylation is 1. The molecule has 0 aliphatic carbocycles. The van der Waals surface area contributed by atoms with Crippen molar-refractivity contribution < 1.29 is 14.0 Å². The highest BCUT2D eigenvalue weighted by atomic mass is 19.1. The molecule has 0 fully saturated rings. The summed E-state index contributed by atoms with van der Waals surface area (Å²) in [7, 11) is 1.96. The second-order valence-electron chi connectivity index (χ2n) is 8.32. The maximum Gasteiger partial charge on any atom is 0.242 e. The number of halogens is 1. The summed E-state index contributed by atoms with van der Waals surface area (Å²) in [6.45, 7) is 3.54. The number of rotatable bonds is 11. The number of carbonyl (C=O) groups excluding carboxylic acids is 2. The first kappa shape index (κ1) is 24.2. The third-order valence-electron chi connectivity index (χ3n) is 5.70. The Kier molecular flexibility index (Phi) is 8.81. The molecule has 2 amide bonds. The third-order valence-corrected chi connectivity index (χ3v) is 5.70. The zero-order valence-corrected chi connectivity index (χ0v) is 19.4. The lowest BCUT2D eigenvalue weighted by Crippen LogP contribution is -2.43. The second-order valence-corrected chi connectivity index (χ2v) is 8.32. The van der Waals surface area contributed by atoms with E-state index in [9.17, 15) is 14.0 Å². The quantitative estimate of drug-likeness (QED) is 0.431. The van der Waals surface area contributed by atoms with E-state index in [4.69, 9.17) is 0 Å². The van der Waals surface area contributed by atoms with Gasteiger partial charge in [0.1, 0.15) is 5.82 Å². The Balaban J connectivity index is 1.75. The highest BCUT2D eigenvalue weighted by Gasteiger charge is 2.22. The van der Waals surface area contributed by atoms with Gasteiger partial charge in [0, 0.05) is 32.0 Å². The van der Waals surface area contributed by atoms with Gasteiger partial charge in [-0.3, -0.25) is 9.59 Å². The number of nitrogens with zero attached hydrogens (tertiary/aromatic N) is 3. The van der Waals surface area contributed by atoms with E-state index < -0.39 is 0 Å². The van der Waals surface area contributed by atoms with Crippen LogP contribution in [0, 0.1) is 5.82 Å². The summed E-state index contributed by atoms with van der Waals surface area (Å²) in [6.07, 6.45) is 3.85. The molecule has 6 heteroatoms. The number of amides is 2. The Morgan fingerprint density at radius 3 is 2.21 bits per heavy atom. The Morgan fingerprint density at radius 2 is 1.58 bits per heavy atom. The lowest BCUT2D eigenvalue weighted by molar-refractivity contribution is -0.141. The maximum atomic E-state index is 13.4. The summed E-state index contributed by atoms with van der Waals surface area (Å²) in [5.74, 6) is -0.549. The van der Waals surface area contributed by atoms with Crippen molar-refractivity contribution in [2.75, 3.05) is 13.1 Å². The summed E-state index contributed by atoms with van der Waals surface area (Å²) in [5.41, 5.74) is 2.80. The van der Waals surface area contributed by atoms with Crippen LogP contribution in [0.5, 0.6) is 0 Å². The zero-order chi connectivity index (χ0) is 23.6. The molecular weight excluding hydrogens is 417 g/mol. The van der Waals surface area contributed by atoms with Crippen LogP contribution >= 0.6 is 0 Å². The van der Waals surface area contributed by atoms with Crippen molar-refractivity contribution >= 4 is 11.8 Å². The van der Waals surface area contributed by atoms with E-state index in [1.165, 1.54) is 12.1 Å². The third kappa shape index (κ3) is 7.31. The fraction of sp³-hybridized carbons (Fsp3) is 0.333. The molecule has 1 aromatic heterocycles. The molecule has 174 valence electrons. The Hall–Kier alpha value is -3.41. The van der Waals surface area contributed by atoms with E-state index in [0.717, 1.165) is 29.7 Å². The molecule has 0 radical (unpaired) electrons. The number of hydrogen-bond acceptors (Lipinski definition) is 2. The van der Waals surface area contributed by atoms with E-state index in [-0.39, 0.29) is 30.6 Å². The highest BCUT2D eigenvalue weighted by molar-refractivity contribution is 5.86. The summed E-state index contributed by atoms with van der Waals surface area (Å²) in [5, 5.41) is 0. The first-order valence-electron chi connectivity index (χ1n) is 11.4. The predicted octanol–water partition coefficient (Wildman–Crippen LogP) is 4.56. The SMILES string of the molecule is CCCCN(CC(=O)N(Cc1ccccc1)Cc1cccn1C)C(=O)Cc1ccc(F)cc1. The van der Waals surface area contributed by atoms with Crippen molar-refractivity contribution in [2.45, 2.75) is 39.3 Å². The first-order chi connectivity index (χ1) is 16.0. The van der Waals surface area contributed by atoms with Crippen molar-refractivity contribution in [3.8, 4) is 0 Å². The molecule has 33 heavy (non-hydrogen) atoms. The van der Waals surface area contributed by atoms with Gasteiger partial charge in [0.25, 0.3) is 0 Å². The molecule has 5 nitrogen and oxygen atoms in total. The minimum Gasteiger partial charge on any atom is -0.353 e. The lowest BCUT2D eigenvalue weighted by atomic mass is 10.1. The summed E-state index contributed by atoms with van der Waals surface area (Å²) >= 11 is 0. The van der Waals surface area contributed by atoms with Crippen LogP contribution in [0.1, 0.15) is 36.6 Å². The van der Waals surface area contributed by atoms with Crippen LogP contribution in [-0.4, -0.2) is 39.3 Å². The molecule has 3 rings (SSSR count). The summed E-state index contributed by atoms with van der Waals surface area (Å²) in [6, 6.07) is 19.8. The molecule has 0 bridgehead atoms. The minimum absolute atomic E-state index is 0.0251. The molecule has 0 atom stereocenters. The van der Waals surface area contributed by atoms with Gasteiger partial charge in [-0.1, -0.05) is 55.8 Å². The van der Waals surface area contributed by atoms with Crippen LogP contribution in [-0.2, 0) is 36.1 Å². The topological polar surface area (TPSA) is 45.6 Å². The van der Waals surface area contributed by atoms with E-state index in [0.29, 0.717) is 19.6 Å². The number of carbonyl (C=O) groups is 2. The highest BCUT2D eigenvalue weighted by Crippen LogP contribution is 2.13. The molecule has 2 aromatic carbocycles. The Morgan fingerprint density at radius 1 is 0.848 bits per heavy atom. The van der Waals surface area contributed by atoms with Gasteiger partial charge in [-0.05, 0) is 41.8 Å². The van der Waals surface area contributed by atoms with Crippen LogP contribution in [0.2, 0.25) is 0 Å². The normalized spacial score (nSPS) is 10.8. The molecule has 0 N–H and O–H groups in total. The molecule has 0 saturated carbocycles. The summed E-state index contributed by atoms with van der Waals surface area (Å²) < 4.78 is 15.2. The number of unbranched alkanes of at least 4 members (excludes halogenated alkanes) is 1. The molecular formula is C27H32FN3O2. The van der Waals surface area contributed by atoms with Crippen molar-refractivity contribution in [2.24, 2.45) is 7.05 Å². The van der Waals surface area contributed by atoms with Gasteiger partial charge < -0.3 is 14.4 Å². The van der Waals surface area contributed by atoms with Crippen molar-refractivity contribution in [1.29, 1.82) is 0 Å². The number of benzene rings is 2. The van der Waals surface area contributed by atoms with Crippen molar-refractivity contribution in [3.63, 3.8) is 0 Å². The maximum absolute atomic E-state index is 13.4. The van der Waals surface area contributed by atoms with Crippen LogP contribution < -0.4 is 0 Å². The van der Waals surface area contributed by atoms with Gasteiger partial charge >= 0.3 is 0 Å².